The Bertz CT molecular complexity index is 219. The average molecular weight is 257 g/mol. The normalized spacial score (nSPS) is 22.0. The molecule has 18 heavy (non-hydrogen) atoms. The van der Waals surface area contributed by atoms with Gasteiger partial charge in [0.1, 0.15) is 0 Å². The first-order chi connectivity index (χ1) is 8.54. The van der Waals surface area contributed by atoms with Crippen molar-refractivity contribution in [1.29, 1.82) is 0 Å². The molecule has 1 aliphatic rings. The molecule has 3 nitrogen and oxygen atoms in total. The van der Waals surface area contributed by atoms with Crippen molar-refractivity contribution >= 4 is 0 Å². The summed E-state index contributed by atoms with van der Waals surface area (Å²) >= 11 is 0. The lowest BCUT2D eigenvalue weighted by molar-refractivity contribution is -0.0963. The third-order valence-electron chi connectivity index (χ3n) is 4.16. The van der Waals surface area contributed by atoms with Crippen molar-refractivity contribution in [2.75, 3.05) is 26.4 Å². The van der Waals surface area contributed by atoms with Gasteiger partial charge in [0.25, 0.3) is 0 Å². The van der Waals surface area contributed by atoms with E-state index in [0.717, 1.165) is 25.9 Å². The van der Waals surface area contributed by atoms with Crippen LogP contribution in [0.4, 0.5) is 0 Å². The Morgan fingerprint density at radius 2 is 1.67 bits per heavy atom. The van der Waals surface area contributed by atoms with Crippen molar-refractivity contribution in [2.24, 2.45) is 11.1 Å². The van der Waals surface area contributed by atoms with E-state index in [1.165, 1.54) is 19.3 Å². The second-order valence-corrected chi connectivity index (χ2v) is 6.37. The SMILES string of the molecule is CCCCOCCOC1(CN)CCC(C)(C)CC1. The largest absolute Gasteiger partial charge is 0.379 e. The van der Waals surface area contributed by atoms with Crippen molar-refractivity contribution in [3.8, 4) is 0 Å². The molecule has 1 saturated carbocycles. The molecule has 3 heteroatoms. The number of nitrogens with two attached hydrogens (primary N) is 1. The van der Waals surface area contributed by atoms with Gasteiger partial charge < -0.3 is 15.2 Å². The first-order valence-corrected chi connectivity index (χ1v) is 7.45. The Kier molecular flexibility index (Phi) is 6.61. The highest BCUT2D eigenvalue weighted by Crippen LogP contribution is 2.41. The summed E-state index contributed by atoms with van der Waals surface area (Å²) in [5, 5.41) is 0. The lowest BCUT2D eigenvalue weighted by Gasteiger charge is -2.42. The van der Waals surface area contributed by atoms with Gasteiger partial charge in [0, 0.05) is 13.2 Å². The molecule has 0 aromatic heterocycles. The minimum absolute atomic E-state index is 0.0797. The Balaban J connectivity index is 2.21. The number of hydrogen-bond acceptors (Lipinski definition) is 3. The number of rotatable bonds is 8. The van der Waals surface area contributed by atoms with Crippen molar-refractivity contribution in [3.05, 3.63) is 0 Å². The Morgan fingerprint density at radius 1 is 1.00 bits per heavy atom. The summed E-state index contributed by atoms with van der Waals surface area (Å²) in [6.07, 6.45) is 6.91. The van der Waals surface area contributed by atoms with Crippen LogP contribution >= 0.6 is 0 Å². The van der Waals surface area contributed by atoms with Crippen LogP contribution in [0.15, 0.2) is 0 Å². The van der Waals surface area contributed by atoms with Crippen molar-refractivity contribution in [3.63, 3.8) is 0 Å². The Labute approximate surface area is 112 Å². The van der Waals surface area contributed by atoms with Gasteiger partial charge in [0.15, 0.2) is 0 Å². The Morgan fingerprint density at radius 3 is 2.22 bits per heavy atom. The van der Waals surface area contributed by atoms with Crippen molar-refractivity contribution in [2.45, 2.75) is 64.9 Å². The number of unbranched alkanes of at least 4 members (excludes halogenated alkanes) is 1. The fourth-order valence-electron chi connectivity index (χ4n) is 2.46. The lowest BCUT2D eigenvalue weighted by atomic mass is 9.71. The van der Waals surface area contributed by atoms with Crippen LogP contribution in [0.3, 0.4) is 0 Å². The predicted octanol–water partition coefficient (Wildman–Crippen LogP) is 3.12. The van der Waals surface area contributed by atoms with Gasteiger partial charge in [-0.3, -0.25) is 0 Å². The quantitative estimate of drug-likeness (QED) is 0.679. The second kappa shape index (κ2) is 7.46. The van der Waals surface area contributed by atoms with E-state index in [2.05, 4.69) is 20.8 Å². The van der Waals surface area contributed by atoms with Gasteiger partial charge in [0.2, 0.25) is 0 Å². The van der Waals surface area contributed by atoms with E-state index in [1.54, 1.807) is 0 Å². The highest BCUT2D eigenvalue weighted by molar-refractivity contribution is 4.91. The zero-order valence-electron chi connectivity index (χ0n) is 12.5. The van der Waals surface area contributed by atoms with Gasteiger partial charge in [-0.2, -0.15) is 0 Å². The van der Waals surface area contributed by atoms with Crippen LogP contribution in [0.5, 0.6) is 0 Å². The molecule has 108 valence electrons. The molecule has 0 amide bonds. The molecule has 1 rings (SSSR count). The van der Waals surface area contributed by atoms with Gasteiger partial charge in [-0.1, -0.05) is 27.2 Å². The minimum atomic E-state index is -0.0797. The molecular weight excluding hydrogens is 226 g/mol. The van der Waals surface area contributed by atoms with Crippen LogP contribution in [0.1, 0.15) is 59.3 Å². The molecule has 0 atom stereocenters. The average Bonchev–Trinajstić information content (AvgIpc) is 2.36. The molecule has 0 heterocycles. The van der Waals surface area contributed by atoms with Crippen LogP contribution < -0.4 is 5.73 Å². The van der Waals surface area contributed by atoms with E-state index in [-0.39, 0.29) is 5.60 Å². The summed E-state index contributed by atoms with van der Waals surface area (Å²) < 4.78 is 11.6. The molecule has 0 spiro atoms. The third kappa shape index (κ3) is 5.25. The standard InChI is InChI=1S/C15H31NO2/c1-4-5-10-17-11-12-18-15(13-16)8-6-14(2,3)7-9-15/h4-13,16H2,1-3H3. The van der Waals surface area contributed by atoms with E-state index in [0.29, 0.717) is 25.2 Å². The summed E-state index contributed by atoms with van der Waals surface area (Å²) in [5.74, 6) is 0. The topological polar surface area (TPSA) is 44.5 Å². The second-order valence-electron chi connectivity index (χ2n) is 6.37. The predicted molar refractivity (Wildman–Crippen MR) is 75.7 cm³/mol. The fourth-order valence-corrected chi connectivity index (χ4v) is 2.46. The fraction of sp³-hybridized carbons (Fsp3) is 1.00. The van der Waals surface area contributed by atoms with Crippen LogP contribution in [-0.4, -0.2) is 32.0 Å². The minimum Gasteiger partial charge on any atom is -0.379 e. The number of hydrogen-bond donors (Lipinski definition) is 1. The van der Waals surface area contributed by atoms with Crippen molar-refractivity contribution in [1.82, 2.24) is 0 Å². The molecule has 1 fully saturated rings. The van der Waals surface area contributed by atoms with Crippen LogP contribution in [0, 0.1) is 5.41 Å². The molecule has 0 radical (unpaired) electrons. The smallest absolute Gasteiger partial charge is 0.0805 e. The summed E-state index contributed by atoms with van der Waals surface area (Å²) in [7, 11) is 0. The van der Waals surface area contributed by atoms with E-state index >= 15 is 0 Å². The molecule has 0 aromatic carbocycles. The van der Waals surface area contributed by atoms with E-state index < -0.39 is 0 Å². The summed E-state index contributed by atoms with van der Waals surface area (Å²) in [6.45, 7) is 9.71. The van der Waals surface area contributed by atoms with E-state index in [1.807, 2.05) is 0 Å². The molecule has 0 aliphatic heterocycles. The Hall–Kier alpha value is -0.120. The van der Waals surface area contributed by atoms with Gasteiger partial charge in [0.05, 0.1) is 18.8 Å². The molecule has 0 unspecified atom stereocenters. The molecule has 0 bridgehead atoms. The van der Waals surface area contributed by atoms with Gasteiger partial charge in [-0.05, 0) is 37.5 Å². The monoisotopic (exact) mass is 257 g/mol. The zero-order chi connectivity index (χ0) is 13.5. The van der Waals surface area contributed by atoms with Crippen LogP contribution in [-0.2, 0) is 9.47 Å². The van der Waals surface area contributed by atoms with E-state index in [4.69, 9.17) is 15.2 Å². The molecule has 1 aliphatic carbocycles. The maximum absolute atomic E-state index is 6.04. The zero-order valence-corrected chi connectivity index (χ0v) is 12.5. The van der Waals surface area contributed by atoms with Crippen molar-refractivity contribution < 1.29 is 9.47 Å². The number of ether oxygens (including phenoxy) is 2. The molecule has 2 N–H and O–H groups in total. The first-order valence-electron chi connectivity index (χ1n) is 7.45. The molecule has 0 aromatic rings. The molecule has 0 saturated heterocycles. The summed E-state index contributed by atoms with van der Waals surface area (Å²) in [4.78, 5) is 0. The highest BCUT2D eigenvalue weighted by atomic mass is 16.5. The molecular formula is C15H31NO2. The van der Waals surface area contributed by atoms with Gasteiger partial charge in [-0.25, -0.2) is 0 Å². The van der Waals surface area contributed by atoms with Crippen LogP contribution in [0.25, 0.3) is 0 Å². The maximum atomic E-state index is 6.04. The lowest BCUT2D eigenvalue weighted by Crippen LogP contribution is -2.46. The van der Waals surface area contributed by atoms with Gasteiger partial charge in [-0.15, -0.1) is 0 Å². The summed E-state index contributed by atoms with van der Waals surface area (Å²) in [6, 6.07) is 0. The van der Waals surface area contributed by atoms with Gasteiger partial charge >= 0.3 is 0 Å². The maximum Gasteiger partial charge on any atom is 0.0805 e. The third-order valence-corrected chi connectivity index (χ3v) is 4.16. The van der Waals surface area contributed by atoms with Crippen LogP contribution in [0.2, 0.25) is 0 Å². The summed E-state index contributed by atoms with van der Waals surface area (Å²) in [5.41, 5.74) is 6.30. The highest BCUT2D eigenvalue weighted by Gasteiger charge is 2.37. The van der Waals surface area contributed by atoms with E-state index in [9.17, 15) is 0 Å². The first kappa shape index (κ1) is 15.9.